The number of benzene rings is 2. The van der Waals surface area contributed by atoms with E-state index in [1.54, 1.807) is 49.4 Å². The number of hydrogen-bond acceptors (Lipinski definition) is 7. The van der Waals surface area contributed by atoms with Crippen LogP contribution in [0.3, 0.4) is 0 Å². The van der Waals surface area contributed by atoms with E-state index in [9.17, 15) is 27.9 Å². The average molecular weight is 490 g/mol. The third kappa shape index (κ3) is 3.71. The summed E-state index contributed by atoms with van der Waals surface area (Å²) in [5, 5.41) is 17.4. The van der Waals surface area contributed by atoms with E-state index >= 15 is 0 Å². The Bertz CT molecular complexity index is 1170. The molecule has 0 saturated carbocycles. The smallest absolute Gasteiger partial charge is 0.431 e. The molecular formula is C25H25F3N2O5. The number of hydrogen-bond donors (Lipinski definition) is 2. The zero-order valence-electron chi connectivity index (χ0n) is 19.3. The van der Waals surface area contributed by atoms with Gasteiger partial charge in [0.05, 0.1) is 18.4 Å². The molecule has 2 aliphatic rings. The van der Waals surface area contributed by atoms with E-state index in [-0.39, 0.29) is 17.9 Å². The van der Waals surface area contributed by atoms with Crippen molar-refractivity contribution in [1.82, 2.24) is 5.32 Å². The molecule has 2 heterocycles. The fourth-order valence-electron chi connectivity index (χ4n) is 5.30. The highest BCUT2D eigenvalue weighted by molar-refractivity contribution is 6.11. The number of oxime groups is 1. The molecule has 0 amide bonds. The minimum Gasteiger partial charge on any atom is -0.466 e. The van der Waals surface area contributed by atoms with Crippen LogP contribution in [-0.2, 0) is 19.2 Å². The van der Waals surface area contributed by atoms with Crippen molar-refractivity contribution in [3.63, 3.8) is 0 Å². The number of alkyl halides is 3. The number of piperidine rings is 1. The lowest BCUT2D eigenvalue weighted by Crippen LogP contribution is -2.74. The van der Waals surface area contributed by atoms with Gasteiger partial charge in [-0.05, 0) is 31.9 Å². The minimum atomic E-state index is -5.31. The molecule has 1 spiro atoms. The third-order valence-electron chi connectivity index (χ3n) is 6.80. The Kier molecular flexibility index (Phi) is 6.23. The molecule has 0 radical (unpaired) electrons. The molecular weight excluding hydrogens is 465 g/mol. The van der Waals surface area contributed by atoms with Gasteiger partial charge in [0.25, 0.3) is 0 Å². The predicted octanol–water partition coefficient (Wildman–Crippen LogP) is 3.77. The van der Waals surface area contributed by atoms with Crippen LogP contribution < -0.4 is 5.32 Å². The van der Waals surface area contributed by atoms with Gasteiger partial charge in [0, 0.05) is 5.92 Å². The van der Waals surface area contributed by atoms with Crippen molar-refractivity contribution in [2.75, 3.05) is 6.61 Å². The van der Waals surface area contributed by atoms with Gasteiger partial charge in [-0.15, -0.1) is 0 Å². The highest BCUT2D eigenvalue weighted by atomic mass is 19.4. The Hall–Kier alpha value is -3.24. The second kappa shape index (κ2) is 8.76. The van der Waals surface area contributed by atoms with Crippen LogP contribution in [0.15, 0.2) is 59.8 Å². The van der Waals surface area contributed by atoms with Crippen LogP contribution >= 0.6 is 0 Å². The van der Waals surface area contributed by atoms with Gasteiger partial charge in [-0.1, -0.05) is 65.3 Å². The van der Waals surface area contributed by atoms with Crippen LogP contribution in [0.25, 0.3) is 0 Å². The first kappa shape index (κ1) is 24.9. The van der Waals surface area contributed by atoms with E-state index in [0.717, 1.165) is 5.56 Å². The number of aliphatic hydroxyl groups is 1. The maximum absolute atomic E-state index is 14.6. The number of aryl methyl sites for hydroxylation is 1. The monoisotopic (exact) mass is 490 g/mol. The summed E-state index contributed by atoms with van der Waals surface area (Å²) in [5.41, 5.74) is -4.30. The molecule has 4 rings (SSSR count). The van der Waals surface area contributed by atoms with Gasteiger partial charge in [-0.25, -0.2) is 4.79 Å². The Labute approximate surface area is 199 Å². The van der Waals surface area contributed by atoms with Crippen LogP contribution in [0.4, 0.5) is 13.2 Å². The molecule has 2 aromatic carbocycles. The van der Waals surface area contributed by atoms with Crippen molar-refractivity contribution in [3.05, 3.63) is 71.3 Å². The Morgan fingerprint density at radius 1 is 1.14 bits per heavy atom. The summed E-state index contributed by atoms with van der Waals surface area (Å²) in [6, 6.07) is 12.9. The van der Waals surface area contributed by atoms with Gasteiger partial charge in [-0.2, -0.15) is 13.2 Å². The Morgan fingerprint density at radius 3 is 2.34 bits per heavy atom. The molecule has 35 heavy (non-hydrogen) atoms. The summed E-state index contributed by atoms with van der Waals surface area (Å²) in [6.07, 6.45) is -5.31. The molecule has 2 aliphatic heterocycles. The minimum absolute atomic E-state index is 0.0777. The first-order valence-electron chi connectivity index (χ1n) is 11.1. The molecule has 10 heteroatoms. The van der Waals surface area contributed by atoms with Crippen molar-refractivity contribution in [3.8, 4) is 0 Å². The van der Waals surface area contributed by atoms with Gasteiger partial charge in [0.2, 0.25) is 5.72 Å². The van der Waals surface area contributed by atoms with Crippen LogP contribution in [0.1, 0.15) is 42.5 Å². The summed E-state index contributed by atoms with van der Waals surface area (Å²) in [7, 11) is 0. The largest absolute Gasteiger partial charge is 0.466 e. The van der Waals surface area contributed by atoms with Gasteiger partial charge >= 0.3 is 18.1 Å². The fraction of sp³-hybridized carbons (Fsp3) is 0.400. The van der Waals surface area contributed by atoms with Crippen LogP contribution in [0.5, 0.6) is 0 Å². The molecule has 0 aromatic heterocycles. The van der Waals surface area contributed by atoms with E-state index in [1.807, 2.05) is 0 Å². The molecule has 0 aliphatic carbocycles. The maximum atomic E-state index is 14.6. The molecule has 0 unspecified atom stereocenters. The van der Waals surface area contributed by atoms with Crippen molar-refractivity contribution in [2.24, 2.45) is 16.5 Å². The average Bonchev–Trinajstić information content (AvgIpc) is 3.09. The highest BCUT2D eigenvalue weighted by Crippen LogP contribution is 2.61. The van der Waals surface area contributed by atoms with E-state index < -0.39 is 47.1 Å². The lowest BCUT2D eigenvalue weighted by Gasteiger charge is -2.55. The number of esters is 1. The summed E-state index contributed by atoms with van der Waals surface area (Å²) >= 11 is 0. The highest BCUT2D eigenvalue weighted by Gasteiger charge is 2.76. The van der Waals surface area contributed by atoms with Gasteiger partial charge in [0.1, 0.15) is 11.3 Å². The van der Waals surface area contributed by atoms with Crippen molar-refractivity contribution < 1.29 is 37.4 Å². The summed E-state index contributed by atoms with van der Waals surface area (Å²) in [5.74, 6) is -6.01. The SMILES string of the molecule is CCOC(=O)[C@H]1[C@H](c2ccccc2)[C@]2(C(=O)ON=C2C)[C@H](c2cccc(C)c2)N[C@]1(O)C(F)(F)F. The standard InChI is InChI=1S/C25H25F3N2O5/c1-4-34-21(31)19-18(16-10-6-5-7-11-16)23(15(3)30-35-22(23)32)20(17-12-8-9-14(2)13-17)29-24(19,33)25(26,27)28/h5-13,18-20,29,33H,4H2,1-3H3/t18-,19+,20-,23-,24+/m0/s1. The summed E-state index contributed by atoms with van der Waals surface area (Å²) < 4.78 is 48.9. The fourth-order valence-corrected chi connectivity index (χ4v) is 5.30. The molecule has 2 aromatic rings. The predicted molar refractivity (Wildman–Crippen MR) is 119 cm³/mol. The van der Waals surface area contributed by atoms with E-state index in [4.69, 9.17) is 9.57 Å². The van der Waals surface area contributed by atoms with Gasteiger partial charge in [-0.3, -0.25) is 10.1 Å². The number of carbonyl (C=O) groups is 2. The number of nitrogens with one attached hydrogen (secondary N) is 1. The lowest BCUT2D eigenvalue weighted by molar-refractivity contribution is -0.311. The van der Waals surface area contributed by atoms with Gasteiger partial charge in [0.15, 0.2) is 0 Å². The second-order valence-electron chi connectivity index (χ2n) is 8.80. The van der Waals surface area contributed by atoms with Crippen molar-refractivity contribution >= 4 is 17.7 Å². The Morgan fingerprint density at radius 2 is 1.80 bits per heavy atom. The van der Waals surface area contributed by atoms with Gasteiger partial charge < -0.3 is 14.7 Å². The maximum Gasteiger partial charge on any atom is 0.431 e. The van der Waals surface area contributed by atoms with E-state index in [1.165, 1.54) is 26.0 Å². The van der Waals surface area contributed by atoms with Crippen LogP contribution in [0, 0.1) is 18.3 Å². The van der Waals surface area contributed by atoms with E-state index in [0.29, 0.717) is 5.56 Å². The first-order chi connectivity index (χ1) is 16.5. The number of rotatable bonds is 4. The molecule has 2 N–H and O–H groups in total. The number of halogens is 3. The molecule has 0 bridgehead atoms. The van der Waals surface area contributed by atoms with Crippen LogP contribution in [-0.4, -0.2) is 41.3 Å². The zero-order valence-corrected chi connectivity index (χ0v) is 19.3. The second-order valence-corrected chi connectivity index (χ2v) is 8.80. The topological polar surface area (TPSA) is 97.2 Å². The first-order valence-corrected chi connectivity index (χ1v) is 11.1. The molecule has 7 nitrogen and oxygen atoms in total. The third-order valence-corrected chi connectivity index (χ3v) is 6.80. The van der Waals surface area contributed by atoms with E-state index in [2.05, 4.69) is 10.5 Å². The van der Waals surface area contributed by atoms with Crippen LogP contribution in [0.2, 0.25) is 0 Å². The molecule has 1 fully saturated rings. The number of ether oxygens (including phenoxy) is 1. The molecule has 1 saturated heterocycles. The quantitative estimate of drug-likeness (QED) is 0.500. The number of carbonyl (C=O) groups excluding carboxylic acids is 2. The normalized spacial score (nSPS) is 30.7. The number of nitrogens with zero attached hydrogens (tertiary/aromatic N) is 1. The lowest BCUT2D eigenvalue weighted by atomic mass is 9.54. The van der Waals surface area contributed by atoms with Crippen molar-refractivity contribution in [1.29, 1.82) is 0 Å². The summed E-state index contributed by atoms with van der Waals surface area (Å²) in [6.45, 7) is 4.43. The van der Waals surface area contributed by atoms with Crippen molar-refractivity contribution in [2.45, 2.75) is 44.6 Å². The Balaban J connectivity index is 2.10. The summed E-state index contributed by atoms with van der Waals surface area (Å²) in [4.78, 5) is 31.7. The molecule has 5 atom stereocenters. The molecule has 186 valence electrons. The zero-order chi connectivity index (χ0) is 25.6.